The van der Waals surface area contributed by atoms with Crippen LogP contribution in [0, 0.1) is 13.8 Å². The fourth-order valence-corrected chi connectivity index (χ4v) is 2.23. The first-order valence-electron chi connectivity index (χ1n) is 7.05. The maximum absolute atomic E-state index is 12.0. The number of rotatable bonds is 4. The third kappa shape index (κ3) is 2.93. The van der Waals surface area contributed by atoms with Gasteiger partial charge in [0.1, 0.15) is 11.4 Å². The van der Waals surface area contributed by atoms with E-state index in [9.17, 15) is 4.79 Å². The number of aromatic nitrogens is 2. The first kappa shape index (κ1) is 14.1. The molecule has 3 rings (SSSR count). The summed E-state index contributed by atoms with van der Waals surface area (Å²) in [5.41, 5.74) is 3.69. The number of amides is 1. The lowest BCUT2D eigenvalue weighted by Gasteiger charge is -2.11. The normalized spacial score (nSPS) is 10.6. The average Bonchev–Trinajstić information content (AvgIpc) is 2.99. The van der Waals surface area contributed by atoms with Gasteiger partial charge in [0, 0.05) is 18.1 Å². The van der Waals surface area contributed by atoms with Crippen LogP contribution in [0.3, 0.4) is 0 Å². The third-order valence-corrected chi connectivity index (χ3v) is 3.48. The molecule has 0 aliphatic heterocycles. The van der Waals surface area contributed by atoms with Crippen LogP contribution in [0.5, 0.6) is 5.75 Å². The SMILES string of the molecule is Cc1ccc(OCC(=O)Nc2ccc3nccn3c2C)cc1. The number of carbonyl (C=O) groups excluding carboxylic acids is 1. The Bertz CT molecular complexity index is 806. The fraction of sp³-hybridized carbons (Fsp3) is 0.176. The fourth-order valence-electron chi connectivity index (χ4n) is 2.23. The van der Waals surface area contributed by atoms with Crippen molar-refractivity contribution in [1.29, 1.82) is 0 Å². The van der Waals surface area contributed by atoms with Crippen LogP contribution in [0.25, 0.3) is 5.65 Å². The lowest BCUT2D eigenvalue weighted by molar-refractivity contribution is -0.118. The summed E-state index contributed by atoms with van der Waals surface area (Å²) in [7, 11) is 0. The van der Waals surface area contributed by atoms with Crippen LogP contribution in [0.4, 0.5) is 5.69 Å². The minimum Gasteiger partial charge on any atom is -0.484 e. The molecule has 0 atom stereocenters. The van der Waals surface area contributed by atoms with E-state index in [1.807, 2.05) is 60.8 Å². The van der Waals surface area contributed by atoms with Crippen molar-refractivity contribution in [2.24, 2.45) is 0 Å². The molecule has 1 aromatic carbocycles. The third-order valence-electron chi connectivity index (χ3n) is 3.48. The zero-order chi connectivity index (χ0) is 15.5. The molecular weight excluding hydrogens is 278 g/mol. The lowest BCUT2D eigenvalue weighted by Crippen LogP contribution is -2.21. The van der Waals surface area contributed by atoms with Crippen LogP contribution in [-0.4, -0.2) is 21.9 Å². The summed E-state index contributed by atoms with van der Waals surface area (Å²) in [4.78, 5) is 16.2. The van der Waals surface area contributed by atoms with Crippen molar-refractivity contribution in [2.45, 2.75) is 13.8 Å². The molecule has 0 fully saturated rings. The molecule has 0 saturated carbocycles. The molecular formula is C17H17N3O2. The van der Waals surface area contributed by atoms with Gasteiger partial charge in [0.25, 0.3) is 5.91 Å². The second kappa shape index (κ2) is 5.89. The van der Waals surface area contributed by atoms with Crippen molar-refractivity contribution in [1.82, 2.24) is 9.38 Å². The Morgan fingerprint density at radius 1 is 1.18 bits per heavy atom. The first-order chi connectivity index (χ1) is 10.6. The maximum Gasteiger partial charge on any atom is 0.262 e. The predicted octanol–water partition coefficient (Wildman–Crippen LogP) is 2.97. The molecule has 5 nitrogen and oxygen atoms in total. The van der Waals surface area contributed by atoms with Crippen molar-refractivity contribution in [3.05, 3.63) is 60.0 Å². The van der Waals surface area contributed by atoms with Crippen LogP contribution in [0.1, 0.15) is 11.3 Å². The number of fused-ring (bicyclic) bond motifs is 1. The summed E-state index contributed by atoms with van der Waals surface area (Å²) in [5, 5.41) is 2.86. The van der Waals surface area contributed by atoms with Crippen LogP contribution < -0.4 is 10.1 Å². The van der Waals surface area contributed by atoms with Crippen molar-refractivity contribution in [3.63, 3.8) is 0 Å². The second-order valence-electron chi connectivity index (χ2n) is 5.14. The van der Waals surface area contributed by atoms with Gasteiger partial charge in [0.15, 0.2) is 6.61 Å². The van der Waals surface area contributed by atoms with E-state index in [0.29, 0.717) is 5.75 Å². The van der Waals surface area contributed by atoms with Gasteiger partial charge < -0.3 is 14.5 Å². The molecule has 0 saturated heterocycles. The molecule has 0 spiro atoms. The Kier molecular flexibility index (Phi) is 3.78. The van der Waals surface area contributed by atoms with Crippen molar-refractivity contribution in [2.75, 3.05) is 11.9 Å². The van der Waals surface area contributed by atoms with Gasteiger partial charge in [0.05, 0.1) is 5.69 Å². The lowest BCUT2D eigenvalue weighted by atomic mass is 10.2. The van der Waals surface area contributed by atoms with Gasteiger partial charge in [-0.25, -0.2) is 4.98 Å². The minimum absolute atomic E-state index is 0.0233. The minimum atomic E-state index is -0.192. The standard InChI is InChI=1S/C17H17N3O2/c1-12-3-5-14(6-4-12)22-11-17(21)19-15-7-8-16-18-9-10-20(16)13(15)2/h3-10H,11H2,1-2H3,(H,19,21). The molecule has 3 aromatic rings. The van der Waals surface area contributed by atoms with Crippen molar-refractivity contribution < 1.29 is 9.53 Å². The highest BCUT2D eigenvalue weighted by molar-refractivity contribution is 5.92. The number of imidazole rings is 1. The number of ether oxygens (including phenoxy) is 1. The van der Waals surface area contributed by atoms with Crippen LogP contribution in [-0.2, 0) is 4.79 Å². The number of nitrogens with zero attached hydrogens (tertiary/aromatic N) is 2. The maximum atomic E-state index is 12.0. The van der Waals surface area contributed by atoms with Crippen LogP contribution in [0.2, 0.25) is 0 Å². The number of pyridine rings is 1. The summed E-state index contributed by atoms with van der Waals surface area (Å²) in [6, 6.07) is 11.3. The summed E-state index contributed by atoms with van der Waals surface area (Å²) in [6.45, 7) is 3.92. The zero-order valence-electron chi connectivity index (χ0n) is 12.5. The molecule has 22 heavy (non-hydrogen) atoms. The van der Waals surface area contributed by atoms with Gasteiger partial charge in [-0.2, -0.15) is 0 Å². The Balaban J connectivity index is 1.65. The van der Waals surface area contributed by atoms with E-state index in [-0.39, 0.29) is 12.5 Å². The van der Waals surface area contributed by atoms with E-state index in [1.165, 1.54) is 0 Å². The first-order valence-corrected chi connectivity index (χ1v) is 7.05. The number of aryl methyl sites for hydroxylation is 2. The monoisotopic (exact) mass is 295 g/mol. The summed E-state index contributed by atoms with van der Waals surface area (Å²) in [5.74, 6) is 0.491. The van der Waals surface area contributed by atoms with Gasteiger partial charge in [-0.1, -0.05) is 17.7 Å². The zero-order valence-corrected chi connectivity index (χ0v) is 12.5. The Hall–Kier alpha value is -2.82. The van der Waals surface area contributed by atoms with E-state index in [2.05, 4.69) is 10.3 Å². The molecule has 1 N–H and O–H groups in total. The number of benzene rings is 1. The Labute approximate surface area is 128 Å². The molecule has 0 aliphatic rings. The smallest absolute Gasteiger partial charge is 0.262 e. The Morgan fingerprint density at radius 2 is 1.95 bits per heavy atom. The molecule has 2 heterocycles. The molecule has 1 amide bonds. The summed E-state index contributed by atoms with van der Waals surface area (Å²) >= 11 is 0. The van der Waals surface area contributed by atoms with Crippen LogP contribution in [0.15, 0.2) is 48.8 Å². The molecule has 0 bridgehead atoms. The van der Waals surface area contributed by atoms with Crippen molar-refractivity contribution in [3.8, 4) is 5.75 Å². The molecule has 112 valence electrons. The Morgan fingerprint density at radius 3 is 2.73 bits per heavy atom. The summed E-state index contributed by atoms with van der Waals surface area (Å²) < 4.78 is 7.40. The number of hydrogen-bond acceptors (Lipinski definition) is 3. The van der Waals surface area contributed by atoms with E-state index in [0.717, 1.165) is 22.6 Å². The largest absolute Gasteiger partial charge is 0.484 e. The van der Waals surface area contributed by atoms with E-state index in [1.54, 1.807) is 6.20 Å². The van der Waals surface area contributed by atoms with Crippen molar-refractivity contribution >= 4 is 17.2 Å². The number of anilines is 1. The van der Waals surface area contributed by atoms with Crippen LogP contribution >= 0.6 is 0 Å². The van der Waals surface area contributed by atoms with Gasteiger partial charge in [-0.05, 0) is 38.1 Å². The number of hydrogen-bond donors (Lipinski definition) is 1. The predicted molar refractivity (Wildman–Crippen MR) is 85.2 cm³/mol. The molecule has 0 unspecified atom stereocenters. The van der Waals surface area contributed by atoms with E-state index in [4.69, 9.17) is 4.74 Å². The quantitative estimate of drug-likeness (QED) is 0.805. The van der Waals surface area contributed by atoms with Gasteiger partial charge in [-0.15, -0.1) is 0 Å². The highest BCUT2D eigenvalue weighted by Gasteiger charge is 2.08. The molecule has 5 heteroatoms. The highest BCUT2D eigenvalue weighted by Crippen LogP contribution is 2.17. The highest BCUT2D eigenvalue weighted by atomic mass is 16.5. The van der Waals surface area contributed by atoms with Gasteiger partial charge >= 0.3 is 0 Å². The number of nitrogens with one attached hydrogen (secondary N) is 1. The number of carbonyl (C=O) groups is 1. The van der Waals surface area contributed by atoms with Gasteiger partial charge in [0.2, 0.25) is 0 Å². The topological polar surface area (TPSA) is 55.6 Å². The van der Waals surface area contributed by atoms with E-state index >= 15 is 0 Å². The molecule has 2 aromatic heterocycles. The second-order valence-corrected chi connectivity index (χ2v) is 5.14. The van der Waals surface area contributed by atoms with Gasteiger partial charge in [-0.3, -0.25) is 4.79 Å². The van der Waals surface area contributed by atoms with E-state index < -0.39 is 0 Å². The average molecular weight is 295 g/mol. The molecule has 0 aliphatic carbocycles. The molecule has 0 radical (unpaired) electrons. The summed E-state index contributed by atoms with van der Waals surface area (Å²) in [6.07, 6.45) is 3.59.